The van der Waals surface area contributed by atoms with Crippen LogP contribution >= 0.6 is 0 Å². The normalized spacial score (nSPS) is 11.3. The molecule has 1 aromatic rings. The summed E-state index contributed by atoms with van der Waals surface area (Å²) in [5.74, 6) is -0.117. The van der Waals surface area contributed by atoms with Crippen LogP contribution in [0.1, 0.15) is 24.2 Å². The molecule has 0 atom stereocenters. The average Bonchev–Trinajstić information content (AvgIpc) is 2.40. The molecule has 0 aliphatic rings. The molecule has 19 heavy (non-hydrogen) atoms. The Morgan fingerprint density at radius 2 is 1.74 bits per heavy atom. The zero-order valence-electron chi connectivity index (χ0n) is 11.2. The van der Waals surface area contributed by atoms with Crippen molar-refractivity contribution in [3.8, 4) is 0 Å². The molecule has 0 bridgehead atoms. The average molecular weight is 286 g/mol. The van der Waals surface area contributed by atoms with Gasteiger partial charge in [-0.25, -0.2) is 8.42 Å². The van der Waals surface area contributed by atoms with Crippen molar-refractivity contribution in [1.29, 1.82) is 0 Å². The Bertz CT molecular complexity index is 521. The van der Waals surface area contributed by atoms with Gasteiger partial charge in [0.05, 0.1) is 12.0 Å². The van der Waals surface area contributed by atoms with Crippen molar-refractivity contribution in [2.24, 2.45) is 0 Å². The lowest BCUT2D eigenvalue weighted by Gasteiger charge is -2.18. The fourth-order valence-electron chi connectivity index (χ4n) is 1.63. The van der Waals surface area contributed by atoms with Crippen LogP contribution in [-0.4, -0.2) is 39.4 Å². The van der Waals surface area contributed by atoms with E-state index in [0.717, 1.165) is 0 Å². The number of nitrogens with zero attached hydrogens (tertiary/aromatic N) is 1. The van der Waals surface area contributed by atoms with Crippen molar-refractivity contribution >= 4 is 15.9 Å². The summed E-state index contributed by atoms with van der Waals surface area (Å²) in [5.41, 5.74) is 0.458. The van der Waals surface area contributed by atoms with Crippen LogP contribution in [-0.2, 0) is 14.9 Å². The van der Waals surface area contributed by atoms with Crippen molar-refractivity contribution in [3.05, 3.63) is 29.8 Å². The van der Waals surface area contributed by atoms with Crippen LogP contribution in [0.5, 0.6) is 0 Å². The maximum absolute atomic E-state index is 12.0. The van der Waals surface area contributed by atoms with Gasteiger partial charge in [0.15, 0.2) is 0 Å². The molecule has 0 aliphatic carbocycles. The van der Waals surface area contributed by atoms with Gasteiger partial charge in [0.2, 0.25) is 0 Å². The monoisotopic (exact) mass is 286 g/mol. The van der Waals surface area contributed by atoms with E-state index in [4.69, 9.17) is 0 Å². The second kappa shape index (κ2) is 6.65. The van der Waals surface area contributed by atoms with E-state index in [9.17, 15) is 13.2 Å². The molecule has 1 rings (SSSR count). The summed E-state index contributed by atoms with van der Waals surface area (Å²) >= 11 is 0. The molecule has 0 saturated heterocycles. The number of benzene rings is 1. The topological polar surface area (TPSA) is 75.7 Å². The number of carbonyl (C=O) groups excluding carboxylic acids is 1. The maximum Gasteiger partial charge on any atom is 0.262 e. The Morgan fingerprint density at radius 1 is 1.21 bits per heavy atom. The first-order chi connectivity index (χ1) is 8.96. The molecule has 7 heteroatoms. The van der Waals surface area contributed by atoms with Crippen LogP contribution in [0.15, 0.2) is 29.2 Å². The molecular formula is C12H18N2O4S. The van der Waals surface area contributed by atoms with Gasteiger partial charge in [0.1, 0.15) is 0 Å². The van der Waals surface area contributed by atoms with Gasteiger partial charge in [-0.05, 0) is 38.1 Å². The fourth-order valence-corrected chi connectivity index (χ4v) is 2.44. The Hall–Kier alpha value is -1.44. The molecule has 1 aromatic carbocycles. The molecule has 0 saturated carbocycles. The molecule has 0 aromatic heterocycles. The predicted molar refractivity (Wildman–Crippen MR) is 71.0 cm³/mol. The molecular weight excluding hydrogens is 268 g/mol. The first kappa shape index (κ1) is 15.6. The molecule has 0 fully saturated rings. The molecule has 1 N–H and O–H groups in total. The molecule has 0 radical (unpaired) electrons. The van der Waals surface area contributed by atoms with Gasteiger partial charge in [-0.15, -0.1) is 0 Å². The summed E-state index contributed by atoms with van der Waals surface area (Å²) in [6.07, 6.45) is 0. The Kier molecular flexibility index (Phi) is 5.46. The minimum absolute atomic E-state index is 0.0467. The van der Waals surface area contributed by atoms with Gasteiger partial charge in [0, 0.05) is 18.7 Å². The van der Waals surface area contributed by atoms with Crippen molar-refractivity contribution in [2.45, 2.75) is 18.7 Å². The first-order valence-electron chi connectivity index (χ1n) is 5.90. The highest BCUT2D eigenvalue weighted by atomic mass is 32.2. The summed E-state index contributed by atoms with van der Waals surface area (Å²) in [6, 6.07) is 5.73. The van der Waals surface area contributed by atoms with E-state index in [1.165, 1.54) is 31.4 Å². The van der Waals surface area contributed by atoms with Crippen molar-refractivity contribution in [1.82, 2.24) is 9.79 Å². The van der Waals surface area contributed by atoms with Crippen LogP contribution in [0, 0.1) is 0 Å². The fraction of sp³-hybridized carbons (Fsp3) is 0.417. The minimum atomic E-state index is -3.68. The predicted octanol–water partition coefficient (Wildman–Crippen LogP) is 1.01. The lowest BCUT2D eigenvalue weighted by atomic mass is 10.2. The Balaban J connectivity index is 2.97. The standard InChI is InChI=1S/C12H18N2O4S/c1-4-14(5-2)12(15)10-6-8-11(9-7-10)19(16,17)13-18-3/h6-9,13H,4-5H2,1-3H3. The van der Waals surface area contributed by atoms with Crippen LogP contribution < -0.4 is 4.89 Å². The van der Waals surface area contributed by atoms with E-state index in [2.05, 4.69) is 4.84 Å². The van der Waals surface area contributed by atoms with Gasteiger partial charge in [0.25, 0.3) is 15.9 Å². The van der Waals surface area contributed by atoms with E-state index in [1.807, 2.05) is 18.7 Å². The lowest BCUT2D eigenvalue weighted by Crippen LogP contribution is -2.30. The van der Waals surface area contributed by atoms with Gasteiger partial charge in [-0.1, -0.05) is 4.89 Å². The van der Waals surface area contributed by atoms with Crippen molar-refractivity contribution in [3.63, 3.8) is 0 Å². The molecule has 6 nitrogen and oxygen atoms in total. The van der Waals surface area contributed by atoms with Crippen molar-refractivity contribution in [2.75, 3.05) is 20.2 Å². The molecule has 0 spiro atoms. The smallest absolute Gasteiger partial charge is 0.262 e. The number of hydrogen-bond acceptors (Lipinski definition) is 4. The quantitative estimate of drug-likeness (QED) is 0.792. The number of amides is 1. The third-order valence-corrected chi connectivity index (χ3v) is 3.93. The van der Waals surface area contributed by atoms with Gasteiger partial charge < -0.3 is 4.90 Å². The van der Waals surface area contributed by atoms with E-state index < -0.39 is 10.0 Å². The molecule has 0 unspecified atom stereocenters. The number of carbonyl (C=O) groups is 1. The minimum Gasteiger partial charge on any atom is -0.339 e. The molecule has 0 heterocycles. The van der Waals surface area contributed by atoms with E-state index >= 15 is 0 Å². The zero-order chi connectivity index (χ0) is 14.5. The van der Waals surface area contributed by atoms with E-state index in [1.54, 1.807) is 4.90 Å². The lowest BCUT2D eigenvalue weighted by molar-refractivity contribution is 0.0773. The van der Waals surface area contributed by atoms with Gasteiger partial charge >= 0.3 is 0 Å². The summed E-state index contributed by atoms with van der Waals surface area (Å²) in [4.78, 5) is 20.0. The van der Waals surface area contributed by atoms with Crippen molar-refractivity contribution < 1.29 is 18.0 Å². The van der Waals surface area contributed by atoms with E-state index in [-0.39, 0.29) is 10.8 Å². The highest BCUT2D eigenvalue weighted by Gasteiger charge is 2.16. The number of rotatable bonds is 6. The second-order valence-corrected chi connectivity index (χ2v) is 5.44. The van der Waals surface area contributed by atoms with E-state index in [0.29, 0.717) is 18.7 Å². The third-order valence-electron chi connectivity index (χ3n) is 2.66. The maximum atomic E-state index is 12.0. The van der Waals surface area contributed by atoms with Gasteiger partial charge in [-0.3, -0.25) is 9.63 Å². The number of sulfonamides is 1. The summed E-state index contributed by atoms with van der Waals surface area (Å²) in [7, 11) is -2.46. The Morgan fingerprint density at radius 3 is 2.16 bits per heavy atom. The van der Waals surface area contributed by atoms with Crippen LogP contribution in [0.4, 0.5) is 0 Å². The molecule has 0 aliphatic heterocycles. The molecule has 1 amide bonds. The number of nitrogens with one attached hydrogen (secondary N) is 1. The van der Waals surface area contributed by atoms with Crippen LogP contribution in [0.25, 0.3) is 0 Å². The third kappa shape index (κ3) is 3.76. The summed E-state index contributed by atoms with van der Waals surface area (Å²) in [6.45, 7) is 5.01. The summed E-state index contributed by atoms with van der Waals surface area (Å²) in [5, 5.41) is 0. The second-order valence-electron chi connectivity index (χ2n) is 3.79. The van der Waals surface area contributed by atoms with Gasteiger partial charge in [-0.2, -0.15) is 0 Å². The number of hydrogen-bond donors (Lipinski definition) is 1. The molecule has 106 valence electrons. The zero-order valence-corrected chi connectivity index (χ0v) is 12.0. The SMILES string of the molecule is CCN(CC)C(=O)c1ccc(S(=O)(=O)NOC)cc1. The largest absolute Gasteiger partial charge is 0.339 e. The Labute approximate surface area is 113 Å². The highest BCUT2D eigenvalue weighted by molar-refractivity contribution is 7.89. The highest BCUT2D eigenvalue weighted by Crippen LogP contribution is 2.12. The summed E-state index contributed by atoms with van der Waals surface area (Å²) < 4.78 is 23.3. The first-order valence-corrected chi connectivity index (χ1v) is 7.38. The van der Waals surface area contributed by atoms with Crippen LogP contribution in [0.2, 0.25) is 0 Å². The van der Waals surface area contributed by atoms with Crippen LogP contribution in [0.3, 0.4) is 0 Å².